The van der Waals surface area contributed by atoms with Crippen LogP contribution in [0.2, 0.25) is 0 Å². The fourth-order valence-electron chi connectivity index (χ4n) is 1.88. The van der Waals surface area contributed by atoms with Gasteiger partial charge in [-0.05, 0) is 25.0 Å². The maximum atomic E-state index is 8.48. The molecule has 0 saturated carbocycles. The van der Waals surface area contributed by atoms with Gasteiger partial charge in [0.1, 0.15) is 5.82 Å². The summed E-state index contributed by atoms with van der Waals surface area (Å²) >= 11 is 0. The minimum Gasteiger partial charge on any atom is -0.370 e. The standard InChI is InChI=1S/C12H16N4/c1-16-9-8-14-12-11(16)6-5-10(15-12)4-2-3-7-13/h5-6H,2-4,8-9H2,1H3,(H,14,15). The van der Waals surface area contributed by atoms with Crippen LogP contribution >= 0.6 is 0 Å². The van der Waals surface area contributed by atoms with Crippen molar-refractivity contribution in [2.45, 2.75) is 19.3 Å². The molecule has 4 nitrogen and oxygen atoms in total. The van der Waals surface area contributed by atoms with Crippen LogP contribution in [0, 0.1) is 11.3 Å². The maximum Gasteiger partial charge on any atom is 0.149 e. The molecule has 84 valence electrons. The van der Waals surface area contributed by atoms with Crippen LogP contribution in [-0.2, 0) is 6.42 Å². The quantitative estimate of drug-likeness (QED) is 0.783. The lowest BCUT2D eigenvalue weighted by atomic mass is 10.1. The summed E-state index contributed by atoms with van der Waals surface area (Å²) in [5.74, 6) is 0.975. The average molecular weight is 216 g/mol. The third-order valence-electron chi connectivity index (χ3n) is 2.80. The Morgan fingerprint density at radius 3 is 3.25 bits per heavy atom. The lowest BCUT2D eigenvalue weighted by molar-refractivity contribution is 0.813. The second-order valence-electron chi connectivity index (χ2n) is 4.03. The van der Waals surface area contributed by atoms with Gasteiger partial charge in [-0.1, -0.05) is 0 Å². The summed E-state index contributed by atoms with van der Waals surface area (Å²) in [4.78, 5) is 6.78. The van der Waals surface area contributed by atoms with E-state index < -0.39 is 0 Å². The van der Waals surface area contributed by atoms with Crippen molar-refractivity contribution in [3.05, 3.63) is 17.8 Å². The molecular formula is C12H16N4. The van der Waals surface area contributed by atoms with Gasteiger partial charge < -0.3 is 10.2 Å². The van der Waals surface area contributed by atoms with E-state index in [9.17, 15) is 0 Å². The average Bonchev–Trinajstić information content (AvgIpc) is 2.30. The summed E-state index contributed by atoms with van der Waals surface area (Å²) in [5, 5.41) is 11.8. The van der Waals surface area contributed by atoms with Crippen molar-refractivity contribution >= 4 is 11.5 Å². The summed E-state index contributed by atoms with van der Waals surface area (Å²) in [6.45, 7) is 1.96. The topological polar surface area (TPSA) is 52.0 Å². The molecule has 1 aliphatic heterocycles. The monoisotopic (exact) mass is 216 g/mol. The van der Waals surface area contributed by atoms with Crippen LogP contribution < -0.4 is 10.2 Å². The molecule has 0 fully saturated rings. The Morgan fingerprint density at radius 1 is 1.56 bits per heavy atom. The van der Waals surface area contributed by atoms with Crippen molar-refractivity contribution < 1.29 is 0 Å². The predicted molar refractivity (Wildman–Crippen MR) is 64.5 cm³/mol. The van der Waals surface area contributed by atoms with Gasteiger partial charge in [-0.2, -0.15) is 5.26 Å². The Balaban J connectivity index is 2.10. The Labute approximate surface area is 95.9 Å². The highest BCUT2D eigenvalue weighted by atomic mass is 15.2. The Morgan fingerprint density at radius 2 is 2.44 bits per heavy atom. The molecule has 0 aliphatic carbocycles. The zero-order valence-corrected chi connectivity index (χ0v) is 9.53. The lowest BCUT2D eigenvalue weighted by Gasteiger charge is -2.27. The number of nitrogens with one attached hydrogen (secondary N) is 1. The smallest absolute Gasteiger partial charge is 0.149 e. The fraction of sp³-hybridized carbons (Fsp3) is 0.500. The van der Waals surface area contributed by atoms with Gasteiger partial charge in [-0.25, -0.2) is 4.98 Å². The number of likely N-dealkylation sites (N-methyl/N-ethyl adjacent to an activating group) is 1. The van der Waals surface area contributed by atoms with E-state index in [1.54, 1.807) is 0 Å². The highest BCUT2D eigenvalue weighted by molar-refractivity contribution is 5.67. The van der Waals surface area contributed by atoms with Crippen LogP contribution in [0.3, 0.4) is 0 Å². The number of anilines is 2. The van der Waals surface area contributed by atoms with E-state index in [2.05, 4.69) is 40.5 Å². The second-order valence-corrected chi connectivity index (χ2v) is 4.03. The maximum absolute atomic E-state index is 8.48. The summed E-state index contributed by atoms with van der Waals surface area (Å²) < 4.78 is 0. The first-order chi connectivity index (χ1) is 7.81. The van der Waals surface area contributed by atoms with Gasteiger partial charge in [0.25, 0.3) is 0 Å². The summed E-state index contributed by atoms with van der Waals surface area (Å²) in [5.41, 5.74) is 2.23. The molecule has 2 heterocycles. The number of pyridine rings is 1. The van der Waals surface area contributed by atoms with Crippen LogP contribution in [0.4, 0.5) is 11.5 Å². The summed E-state index contributed by atoms with van der Waals surface area (Å²) in [7, 11) is 2.08. The number of nitriles is 1. The van der Waals surface area contributed by atoms with Crippen LogP contribution in [0.1, 0.15) is 18.5 Å². The number of nitrogens with zero attached hydrogens (tertiary/aromatic N) is 3. The largest absolute Gasteiger partial charge is 0.370 e. The molecule has 1 aliphatic rings. The normalized spacial score (nSPS) is 13.9. The van der Waals surface area contributed by atoms with Crippen molar-refractivity contribution in [3.63, 3.8) is 0 Å². The first kappa shape index (κ1) is 10.7. The Hall–Kier alpha value is -1.76. The third-order valence-corrected chi connectivity index (χ3v) is 2.80. The van der Waals surface area contributed by atoms with Crippen molar-refractivity contribution in [2.75, 3.05) is 30.4 Å². The van der Waals surface area contributed by atoms with Crippen molar-refractivity contribution in [2.24, 2.45) is 0 Å². The molecule has 2 rings (SSSR count). The number of fused-ring (bicyclic) bond motifs is 1. The van der Waals surface area contributed by atoms with Crippen LogP contribution in [0.15, 0.2) is 12.1 Å². The van der Waals surface area contributed by atoms with Gasteiger partial charge >= 0.3 is 0 Å². The zero-order chi connectivity index (χ0) is 11.4. The first-order valence-electron chi connectivity index (χ1n) is 5.63. The molecule has 1 aromatic heterocycles. The lowest BCUT2D eigenvalue weighted by Crippen LogP contribution is -2.31. The molecular weight excluding hydrogens is 200 g/mol. The first-order valence-corrected chi connectivity index (χ1v) is 5.63. The van der Waals surface area contributed by atoms with Crippen LogP contribution in [0.25, 0.3) is 0 Å². The van der Waals surface area contributed by atoms with Crippen molar-refractivity contribution in [1.29, 1.82) is 5.26 Å². The van der Waals surface area contributed by atoms with Gasteiger partial charge in [-0.3, -0.25) is 0 Å². The fourth-order valence-corrected chi connectivity index (χ4v) is 1.88. The van der Waals surface area contributed by atoms with Crippen molar-refractivity contribution in [3.8, 4) is 6.07 Å². The van der Waals surface area contributed by atoms with E-state index in [4.69, 9.17) is 5.26 Å². The van der Waals surface area contributed by atoms with Gasteiger partial charge in [0.2, 0.25) is 0 Å². The van der Waals surface area contributed by atoms with Crippen molar-refractivity contribution in [1.82, 2.24) is 4.98 Å². The van der Waals surface area contributed by atoms with Gasteiger partial charge in [0.05, 0.1) is 11.8 Å². The van der Waals surface area contributed by atoms with E-state index in [-0.39, 0.29) is 0 Å². The van der Waals surface area contributed by atoms with E-state index in [1.165, 1.54) is 0 Å². The van der Waals surface area contributed by atoms with Crippen LogP contribution in [-0.4, -0.2) is 25.1 Å². The molecule has 0 amide bonds. The van der Waals surface area contributed by atoms with Gasteiger partial charge in [0, 0.05) is 32.3 Å². The number of hydrogen-bond acceptors (Lipinski definition) is 4. The number of aryl methyl sites for hydroxylation is 1. The zero-order valence-electron chi connectivity index (χ0n) is 9.53. The van der Waals surface area contributed by atoms with E-state index in [0.29, 0.717) is 6.42 Å². The second kappa shape index (κ2) is 4.84. The molecule has 4 heteroatoms. The molecule has 0 radical (unpaired) electrons. The Kier molecular flexibility index (Phi) is 3.25. The molecule has 0 spiro atoms. The van der Waals surface area contributed by atoms with E-state index in [0.717, 1.165) is 43.1 Å². The summed E-state index contributed by atoms with van der Waals surface area (Å²) in [6.07, 6.45) is 2.37. The number of unbranched alkanes of at least 4 members (excludes halogenated alkanes) is 1. The number of aromatic nitrogens is 1. The number of rotatable bonds is 3. The minimum atomic E-state index is 0.603. The molecule has 0 unspecified atom stereocenters. The predicted octanol–water partition coefficient (Wildman–Crippen LogP) is 1.79. The molecule has 1 N–H and O–H groups in total. The molecule has 0 aromatic carbocycles. The molecule has 0 bridgehead atoms. The highest BCUT2D eigenvalue weighted by Crippen LogP contribution is 2.26. The summed E-state index contributed by atoms with van der Waals surface area (Å²) in [6, 6.07) is 6.32. The van der Waals surface area contributed by atoms with Gasteiger partial charge in [-0.15, -0.1) is 0 Å². The Bertz CT molecular complexity index is 408. The number of hydrogen-bond donors (Lipinski definition) is 1. The highest BCUT2D eigenvalue weighted by Gasteiger charge is 2.14. The molecule has 0 atom stereocenters. The van der Waals surface area contributed by atoms with Crippen LogP contribution in [0.5, 0.6) is 0 Å². The molecule has 0 saturated heterocycles. The SMILES string of the molecule is CN1CCNc2nc(CCCC#N)ccc21. The van der Waals surface area contributed by atoms with Gasteiger partial charge in [0.15, 0.2) is 0 Å². The van der Waals surface area contributed by atoms with E-state index in [1.807, 2.05) is 0 Å². The third kappa shape index (κ3) is 2.25. The minimum absolute atomic E-state index is 0.603. The molecule has 16 heavy (non-hydrogen) atoms. The van der Waals surface area contributed by atoms with E-state index >= 15 is 0 Å². The molecule has 1 aromatic rings.